The summed E-state index contributed by atoms with van der Waals surface area (Å²) < 4.78 is 0. The fraction of sp³-hybridized carbons (Fsp3) is 0.538. The van der Waals surface area contributed by atoms with Gasteiger partial charge in [-0.05, 0) is 49.9 Å². The summed E-state index contributed by atoms with van der Waals surface area (Å²) in [6, 6.07) is 7.57. The molecular formula is C13H19NO2. The molecule has 0 saturated heterocycles. The van der Waals surface area contributed by atoms with E-state index in [0.717, 1.165) is 24.9 Å². The summed E-state index contributed by atoms with van der Waals surface area (Å²) in [7, 11) is 0. The monoisotopic (exact) mass is 221 g/mol. The second kappa shape index (κ2) is 4.85. The first-order valence-corrected chi connectivity index (χ1v) is 5.85. The van der Waals surface area contributed by atoms with E-state index in [0.29, 0.717) is 11.7 Å². The molecule has 3 nitrogen and oxygen atoms in total. The lowest BCUT2D eigenvalue weighted by molar-refractivity contribution is 0.0420. The molecule has 0 aromatic heterocycles. The summed E-state index contributed by atoms with van der Waals surface area (Å²) in [5, 5.41) is 22.0. The smallest absolute Gasteiger partial charge is 0.115 e. The van der Waals surface area contributed by atoms with Gasteiger partial charge in [-0.25, -0.2) is 0 Å². The van der Waals surface area contributed by atoms with Crippen molar-refractivity contribution in [1.82, 2.24) is 5.32 Å². The van der Waals surface area contributed by atoms with E-state index in [9.17, 15) is 10.2 Å². The summed E-state index contributed by atoms with van der Waals surface area (Å²) in [4.78, 5) is 0. The minimum atomic E-state index is -0.0807. The summed E-state index contributed by atoms with van der Waals surface area (Å²) in [6.07, 6.45) is 1.75. The van der Waals surface area contributed by atoms with Gasteiger partial charge in [0.05, 0.1) is 6.10 Å². The van der Waals surface area contributed by atoms with E-state index in [1.54, 1.807) is 12.1 Å². The Labute approximate surface area is 96.1 Å². The average molecular weight is 221 g/mol. The van der Waals surface area contributed by atoms with Gasteiger partial charge in [0, 0.05) is 6.04 Å². The minimum absolute atomic E-state index is 0.0807. The number of nitrogens with one attached hydrogen (secondary N) is 1. The number of hydrogen-bond acceptors (Lipinski definition) is 3. The van der Waals surface area contributed by atoms with E-state index in [1.807, 2.05) is 12.1 Å². The third-order valence-corrected chi connectivity index (χ3v) is 3.29. The van der Waals surface area contributed by atoms with Gasteiger partial charge in [0.2, 0.25) is 0 Å². The van der Waals surface area contributed by atoms with Crippen LogP contribution in [-0.2, 0) is 0 Å². The van der Waals surface area contributed by atoms with E-state index in [4.69, 9.17) is 0 Å². The Morgan fingerprint density at radius 2 is 2.19 bits per heavy atom. The number of rotatable bonds is 4. The first kappa shape index (κ1) is 11.4. The van der Waals surface area contributed by atoms with Crippen LogP contribution in [0.25, 0.3) is 0 Å². The molecule has 0 amide bonds. The highest BCUT2D eigenvalue weighted by atomic mass is 16.3. The number of benzene rings is 1. The van der Waals surface area contributed by atoms with E-state index >= 15 is 0 Å². The van der Waals surface area contributed by atoms with Gasteiger partial charge in [0.25, 0.3) is 0 Å². The molecule has 1 atom stereocenters. The van der Waals surface area contributed by atoms with Crippen LogP contribution in [0, 0.1) is 5.92 Å². The second-order valence-electron chi connectivity index (χ2n) is 4.72. The summed E-state index contributed by atoms with van der Waals surface area (Å²) in [5.74, 6) is 0.917. The summed E-state index contributed by atoms with van der Waals surface area (Å²) in [5.41, 5.74) is 1.10. The molecule has 3 N–H and O–H groups in total. The minimum Gasteiger partial charge on any atom is -0.508 e. The van der Waals surface area contributed by atoms with Crippen molar-refractivity contribution in [3.05, 3.63) is 29.8 Å². The molecule has 1 aliphatic carbocycles. The van der Waals surface area contributed by atoms with Gasteiger partial charge in [-0.3, -0.25) is 0 Å². The number of aromatic hydroxyl groups is 1. The van der Waals surface area contributed by atoms with Gasteiger partial charge >= 0.3 is 0 Å². The zero-order valence-electron chi connectivity index (χ0n) is 9.56. The van der Waals surface area contributed by atoms with Crippen molar-refractivity contribution in [2.75, 3.05) is 6.54 Å². The first-order chi connectivity index (χ1) is 7.65. The van der Waals surface area contributed by atoms with Crippen molar-refractivity contribution >= 4 is 0 Å². The lowest BCUT2D eigenvalue weighted by Crippen LogP contribution is -2.36. The van der Waals surface area contributed by atoms with E-state index in [2.05, 4.69) is 12.2 Å². The molecule has 1 aromatic rings. The van der Waals surface area contributed by atoms with Gasteiger partial charge < -0.3 is 15.5 Å². The van der Waals surface area contributed by atoms with Crippen LogP contribution in [-0.4, -0.2) is 22.9 Å². The van der Waals surface area contributed by atoms with Gasteiger partial charge in [0.1, 0.15) is 5.75 Å². The Bertz CT molecular complexity index is 348. The largest absolute Gasteiger partial charge is 0.508 e. The van der Waals surface area contributed by atoms with Crippen LogP contribution in [0.2, 0.25) is 0 Å². The Morgan fingerprint density at radius 1 is 1.44 bits per heavy atom. The van der Waals surface area contributed by atoms with E-state index < -0.39 is 0 Å². The fourth-order valence-corrected chi connectivity index (χ4v) is 2.12. The number of aliphatic hydroxyl groups is 1. The highest BCUT2D eigenvalue weighted by Crippen LogP contribution is 2.27. The van der Waals surface area contributed by atoms with E-state index in [-0.39, 0.29) is 12.1 Å². The zero-order valence-corrected chi connectivity index (χ0v) is 9.56. The zero-order chi connectivity index (χ0) is 11.5. The highest BCUT2D eigenvalue weighted by Gasteiger charge is 2.26. The molecule has 1 aliphatic rings. The Hall–Kier alpha value is -1.06. The maximum atomic E-state index is 9.37. The van der Waals surface area contributed by atoms with Gasteiger partial charge in [-0.1, -0.05) is 12.1 Å². The molecule has 88 valence electrons. The molecule has 0 heterocycles. The van der Waals surface area contributed by atoms with Gasteiger partial charge in [-0.2, -0.15) is 0 Å². The van der Waals surface area contributed by atoms with Crippen molar-refractivity contribution in [2.45, 2.75) is 31.9 Å². The molecule has 0 bridgehead atoms. The van der Waals surface area contributed by atoms with Crippen LogP contribution < -0.4 is 5.32 Å². The molecule has 1 aromatic carbocycles. The van der Waals surface area contributed by atoms with Crippen molar-refractivity contribution < 1.29 is 10.2 Å². The average Bonchev–Trinajstić information content (AvgIpc) is 2.22. The van der Waals surface area contributed by atoms with Crippen LogP contribution in [0.15, 0.2) is 24.3 Å². The quantitative estimate of drug-likeness (QED) is 0.727. The van der Waals surface area contributed by atoms with Crippen LogP contribution in [0.1, 0.15) is 31.4 Å². The van der Waals surface area contributed by atoms with Crippen molar-refractivity contribution in [1.29, 1.82) is 0 Å². The van der Waals surface area contributed by atoms with Crippen LogP contribution in [0.5, 0.6) is 5.75 Å². The Kier molecular flexibility index (Phi) is 3.46. The molecule has 1 saturated carbocycles. The molecular weight excluding hydrogens is 202 g/mol. The van der Waals surface area contributed by atoms with Crippen molar-refractivity contribution in [3.8, 4) is 5.75 Å². The number of aliphatic hydroxyl groups excluding tert-OH is 1. The third kappa shape index (κ3) is 2.74. The predicted molar refractivity (Wildman–Crippen MR) is 63.3 cm³/mol. The van der Waals surface area contributed by atoms with E-state index in [1.165, 1.54) is 0 Å². The van der Waals surface area contributed by atoms with Crippen molar-refractivity contribution in [2.24, 2.45) is 5.92 Å². The normalized spacial score (nSPS) is 26.1. The standard InChI is InChI=1S/C13H19NO2/c1-9(11-3-2-4-12(15)7-11)14-8-10-5-13(16)6-10/h2-4,7,9-10,13-16H,5-6,8H2,1H3. The number of phenolic OH excluding ortho intramolecular Hbond substituents is 1. The maximum absolute atomic E-state index is 9.37. The van der Waals surface area contributed by atoms with Crippen LogP contribution in [0.4, 0.5) is 0 Å². The lowest BCUT2D eigenvalue weighted by Gasteiger charge is -2.32. The summed E-state index contributed by atoms with van der Waals surface area (Å²) in [6.45, 7) is 3.03. The molecule has 0 radical (unpaired) electrons. The number of phenols is 1. The van der Waals surface area contributed by atoms with Crippen molar-refractivity contribution in [3.63, 3.8) is 0 Å². The van der Waals surface area contributed by atoms with Crippen LogP contribution >= 0.6 is 0 Å². The second-order valence-corrected chi connectivity index (χ2v) is 4.72. The van der Waals surface area contributed by atoms with Gasteiger partial charge in [0.15, 0.2) is 0 Å². The number of hydrogen-bond donors (Lipinski definition) is 3. The SMILES string of the molecule is CC(NCC1CC(O)C1)c1cccc(O)c1. The predicted octanol–water partition coefficient (Wildman–Crippen LogP) is 1.81. The molecule has 0 spiro atoms. The highest BCUT2D eigenvalue weighted by molar-refractivity contribution is 5.28. The molecule has 1 fully saturated rings. The lowest BCUT2D eigenvalue weighted by atomic mass is 9.82. The molecule has 3 heteroatoms. The Balaban J connectivity index is 1.81. The molecule has 1 unspecified atom stereocenters. The first-order valence-electron chi connectivity index (χ1n) is 5.85. The third-order valence-electron chi connectivity index (χ3n) is 3.29. The maximum Gasteiger partial charge on any atom is 0.115 e. The molecule has 16 heavy (non-hydrogen) atoms. The van der Waals surface area contributed by atoms with Gasteiger partial charge in [-0.15, -0.1) is 0 Å². The topological polar surface area (TPSA) is 52.5 Å². The summed E-state index contributed by atoms with van der Waals surface area (Å²) >= 11 is 0. The molecule has 0 aliphatic heterocycles. The Morgan fingerprint density at radius 3 is 2.81 bits per heavy atom. The van der Waals surface area contributed by atoms with Crippen LogP contribution in [0.3, 0.4) is 0 Å². The fourth-order valence-electron chi connectivity index (χ4n) is 2.12. The molecule has 2 rings (SSSR count).